The minimum Gasteiger partial charge on any atom is -0.490 e. The Labute approximate surface area is 371 Å². The van der Waals surface area contributed by atoms with Crippen LogP contribution in [0.3, 0.4) is 0 Å². The van der Waals surface area contributed by atoms with Crippen LogP contribution in [0.25, 0.3) is 0 Å². The van der Waals surface area contributed by atoms with Crippen LogP contribution in [0.15, 0.2) is 168 Å². The fraction of sp³-hybridized carbons (Fsp3) is 0.240. The van der Waals surface area contributed by atoms with Crippen LogP contribution in [0.5, 0.6) is 11.5 Å². The summed E-state index contributed by atoms with van der Waals surface area (Å²) >= 11 is 3.02. The maximum absolute atomic E-state index is 12.3. The van der Waals surface area contributed by atoms with E-state index in [2.05, 4.69) is 52.0 Å². The van der Waals surface area contributed by atoms with Crippen molar-refractivity contribution < 1.29 is 48.3 Å². The average Bonchev–Trinajstić information content (AvgIpc) is 3.27. The summed E-state index contributed by atoms with van der Waals surface area (Å²) in [5.74, 6) is -1.91. The SMILES string of the molecule is CC(C)(c1ccc(OCC(CSc2ccccc2)OC(=O)/C=C/C(=O)O)cc1)c1ccc(C(C)(C)c2ccc(OCC(CSc3ccccc3)OC(=O)/C=C/C(=O)O)cc2)cc1. The second-order valence-electron chi connectivity index (χ2n) is 15.2. The molecule has 0 aliphatic rings. The number of esters is 2. The molecule has 0 aliphatic heterocycles. The lowest BCUT2D eigenvalue weighted by Gasteiger charge is -2.30. The lowest BCUT2D eigenvalue weighted by atomic mass is 9.74. The van der Waals surface area contributed by atoms with Crippen LogP contribution < -0.4 is 9.47 Å². The summed E-state index contributed by atoms with van der Waals surface area (Å²) < 4.78 is 23.2. The third-order valence-corrected chi connectivity index (χ3v) is 12.3. The lowest BCUT2D eigenvalue weighted by molar-refractivity contribution is -0.144. The Kier molecular flexibility index (Phi) is 17.0. The Morgan fingerprint density at radius 1 is 0.484 bits per heavy atom. The zero-order valence-electron chi connectivity index (χ0n) is 35.0. The summed E-state index contributed by atoms with van der Waals surface area (Å²) in [6, 6.07) is 43.7. The first-order valence-electron chi connectivity index (χ1n) is 19.9. The van der Waals surface area contributed by atoms with E-state index in [9.17, 15) is 19.2 Å². The topological polar surface area (TPSA) is 146 Å². The molecule has 2 N–H and O–H groups in total. The molecule has 0 heterocycles. The van der Waals surface area contributed by atoms with Crippen LogP contribution in [-0.2, 0) is 39.5 Å². The summed E-state index contributed by atoms with van der Waals surface area (Å²) in [5.41, 5.74) is 3.77. The van der Waals surface area contributed by atoms with E-state index in [1.807, 2.05) is 109 Å². The van der Waals surface area contributed by atoms with Gasteiger partial charge in [-0.2, -0.15) is 0 Å². The average molecular weight is 875 g/mol. The molecule has 2 atom stereocenters. The smallest absolute Gasteiger partial charge is 0.331 e. The number of hydrogen-bond donors (Lipinski definition) is 2. The van der Waals surface area contributed by atoms with Crippen molar-refractivity contribution in [3.05, 3.63) is 180 Å². The number of carbonyl (C=O) groups excluding carboxylic acids is 2. The Balaban J connectivity index is 1.19. The third kappa shape index (κ3) is 14.5. The molecule has 322 valence electrons. The molecule has 0 aliphatic carbocycles. The van der Waals surface area contributed by atoms with Gasteiger partial charge in [0.25, 0.3) is 0 Å². The van der Waals surface area contributed by atoms with Crippen LogP contribution in [0.2, 0.25) is 0 Å². The molecule has 10 nitrogen and oxygen atoms in total. The van der Waals surface area contributed by atoms with Gasteiger partial charge in [-0.3, -0.25) is 0 Å². The van der Waals surface area contributed by atoms with Crippen LogP contribution in [-0.4, -0.2) is 71.0 Å². The van der Waals surface area contributed by atoms with E-state index in [0.29, 0.717) is 23.0 Å². The number of carboxylic acids is 2. The first-order chi connectivity index (χ1) is 29.7. The van der Waals surface area contributed by atoms with Gasteiger partial charge in [0.2, 0.25) is 0 Å². The van der Waals surface area contributed by atoms with Gasteiger partial charge in [-0.05, 0) is 70.8 Å². The van der Waals surface area contributed by atoms with Crippen LogP contribution in [0.4, 0.5) is 0 Å². The predicted octanol–water partition coefficient (Wildman–Crippen LogP) is 9.79. The van der Waals surface area contributed by atoms with Gasteiger partial charge in [0.05, 0.1) is 0 Å². The van der Waals surface area contributed by atoms with Crippen molar-refractivity contribution in [1.82, 2.24) is 0 Å². The van der Waals surface area contributed by atoms with Gasteiger partial charge in [0.15, 0.2) is 0 Å². The van der Waals surface area contributed by atoms with E-state index in [1.165, 1.54) is 23.5 Å². The number of hydrogen-bond acceptors (Lipinski definition) is 10. The molecule has 5 aromatic carbocycles. The molecule has 5 rings (SSSR count). The highest BCUT2D eigenvalue weighted by atomic mass is 32.2. The van der Waals surface area contributed by atoms with Crippen molar-refractivity contribution in [1.29, 1.82) is 0 Å². The lowest BCUT2D eigenvalue weighted by Crippen LogP contribution is -2.27. The molecule has 0 amide bonds. The van der Waals surface area contributed by atoms with E-state index in [4.69, 9.17) is 29.2 Å². The minimum absolute atomic E-state index is 0.0871. The van der Waals surface area contributed by atoms with Crippen molar-refractivity contribution >= 4 is 47.4 Å². The van der Waals surface area contributed by atoms with Crippen molar-refractivity contribution in [2.45, 2.75) is 60.5 Å². The van der Waals surface area contributed by atoms with E-state index >= 15 is 0 Å². The van der Waals surface area contributed by atoms with Crippen molar-refractivity contribution in [2.24, 2.45) is 0 Å². The molecule has 12 heteroatoms. The molecular weight excluding hydrogens is 825 g/mol. The maximum atomic E-state index is 12.3. The molecule has 0 bridgehead atoms. The Hall–Kier alpha value is -6.24. The van der Waals surface area contributed by atoms with E-state index in [0.717, 1.165) is 56.3 Å². The van der Waals surface area contributed by atoms with Crippen LogP contribution in [0, 0.1) is 0 Å². The Bertz CT molecular complexity index is 2120. The number of carbonyl (C=O) groups is 4. The standard InChI is InChI=1S/C50H50O10S2/c1-49(2,37-19-23-39(24-20-37)57-31-41(59-47(55)29-27-45(51)52)33-61-43-11-7-5-8-12-43)35-15-17-36(18-16-35)50(3,4)38-21-25-40(26-22-38)58-32-42(60-48(56)30-28-46(53)54)34-62-44-13-9-6-10-14-44/h5-30,41-42H,31-34H2,1-4H3,(H,51,52)(H,53,54)/b29-27+,30-28+. The quantitative estimate of drug-likeness (QED) is 0.0388. The van der Waals surface area contributed by atoms with Gasteiger partial charge >= 0.3 is 23.9 Å². The summed E-state index contributed by atoms with van der Waals surface area (Å²) in [6.45, 7) is 8.85. The minimum atomic E-state index is -1.23. The maximum Gasteiger partial charge on any atom is 0.331 e. The summed E-state index contributed by atoms with van der Waals surface area (Å²) in [7, 11) is 0. The van der Waals surface area contributed by atoms with Crippen LogP contribution >= 0.6 is 23.5 Å². The number of aliphatic carboxylic acids is 2. The molecule has 62 heavy (non-hydrogen) atoms. The molecule has 2 unspecified atom stereocenters. The zero-order valence-corrected chi connectivity index (χ0v) is 36.6. The highest BCUT2D eigenvalue weighted by molar-refractivity contribution is 7.99. The fourth-order valence-corrected chi connectivity index (χ4v) is 8.07. The van der Waals surface area contributed by atoms with Gasteiger partial charge < -0.3 is 29.2 Å². The first kappa shape index (κ1) is 46.8. The summed E-state index contributed by atoms with van der Waals surface area (Å²) in [4.78, 5) is 48.4. The molecule has 0 spiro atoms. The molecule has 0 saturated carbocycles. The number of thioether (sulfide) groups is 2. The monoisotopic (exact) mass is 874 g/mol. The van der Waals surface area contributed by atoms with E-state index < -0.39 is 36.1 Å². The molecule has 0 saturated heterocycles. The highest BCUT2D eigenvalue weighted by Crippen LogP contribution is 2.37. The van der Waals surface area contributed by atoms with Gasteiger partial charge in [0.1, 0.15) is 36.9 Å². The molecule has 0 fully saturated rings. The summed E-state index contributed by atoms with van der Waals surface area (Å²) in [5, 5.41) is 17.8. The number of carboxylic acid groups (broad SMARTS) is 2. The second kappa shape index (κ2) is 22.6. The second-order valence-corrected chi connectivity index (χ2v) is 17.4. The normalized spacial score (nSPS) is 12.7. The Morgan fingerprint density at radius 3 is 1.10 bits per heavy atom. The van der Waals surface area contributed by atoms with Crippen molar-refractivity contribution in [3.8, 4) is 11.5 Å². The van der Waals surface area contributed by atoms with Gasteiger partial charge in [-0.25, -0.2) is 19.2 Å². The summed E-state index contributed by atoms with van der Waals surface area (Å²) in [6.07, 6.45) is 2.03. The van der Waals surface area contributed by atoms with Gasteiger partial charge in [0, 0.05) is 56.4 Å². The zero-order chi connectivity index (χ0) is 44.5. The predicted molar refractivity (Wildman–Crippen MR) is 242 cm³/mol. The third-order valence-electron chi connectivity index (χ3n) is 10.00. The molecular formula is C50H50O10S2. The largest absolute Gasteiger partial charge is 0.490 e. The van der Waals surface area contributed by atoms with E-state index in [-0.39, 0.29) is 24.0 Å². The molecule has 0 radical (unpaired) electrons. The number of benzene rings is 5. The van der Waals surface area contributed by atoms with Gasteiger partial charge in [-0.1, -0.05) is 113 Å². The fourth-order valence-electron chi connectivity index (χ4n) is 6.28. The van der Waals surface area contributed by atoms with E-state index in [1.54, 1.807) is 0 Å². The van der Waals surface area contributed by atoms with Crippen LogP contribution in [0.1, 0.15) is 49.9 Å². The molecule has 0 aromatic heterocycles. The Morgan fingerprint density at radius 2 is 0.790 bits per heavy atom. The van der Waals surface area contributed by atoms with Gasteiger partial charge in [-0.15, -0.1) is 23.5 Å². The number of rotatable bonds is 22. The number of ether oxygens (including phenoxy) is 4. The van der Waals surface area contributed by atoms with Crippen molar-refractivity contribution in [2.75, 3.05) is 24.7 Å². The first-order valence-corrected chi connectivity index (χ1v) is 21.8. The molecule has 5 aromatic rings. The van der Waals surface area contributed by atoms with Crippen molar-refractivity contribution in [3.63, 3.8) is 0 Å². The highest BCUT2D eigenvalue weighted by Gasteiger charge is 2.27.